The number of hydroxylamine groups is 2. The lowest BCUT2D eigenvalue weighted by Gasteiger charge is -2.53. The summed E-state index contributed by atoms with van der Waals surface area (Å²) < 4.78 is 5.55. The molecule has 1 amide bonds. The van der Waals surface area contributed by atoms with Crippen LogP contribution < -0.4 is 15.8 Å². The zero-order valence-electron chi connectivity index (χ0n) is 22.8. The van der Waals surface area contributed by atoms with Crippen molar-refractivity contribution in [1.29, 1.82) is 0 Å². The second-order valence-electron chi connectivity index (χ2n) is 11.1. The number of rotatable bonds is 8. The van der Waals surface area contributed by atoms with Gasteiger partial charge >= 0.3 is 5.63 Å². The molecular weight excluding hydrogens is 466 g/mol. The molecule has 0 atom stereocenters. The minimum Gasteiger partial charge on any atom is -0.423 e. The van der Waals surface area contributed by atoms with E-state index < -0.39 is 0 Å². The topological polar surface area (TPSA) is 75.0 Å². The fourth-order valence-electron chi connectivity index (χ4n) is 5.83. The number of hydrogen-bond donors (Lipinski definition) is 1. The highest BCUT2D eigenvalue weighted by Gasteiger charge is 2.47. The largest absolute Gasteiger partial charge is 0.423 e. The lowest BCUT2D eigenvalue weighted by atomic mass is 9.79. The predicted octanol–water partition coefficient (Wildman–Crippen LogP) is 5.52. The van der Waals surface area contributed by atoms with Gasteiger partial charge in [0, 0.05) is 59.0 Å². The average Bonchev–Trinajstić information content (AvgIpc) is 2.83. The van der Waals surface area contributed by atoms with E-state index in [0.717, 1.165) is 42.6 Å². The van der Waals surface area contributed by atoms with Gasteiger partial charge in [0.15, 0.2) is 0 Å². The fourth-order valence-corrected chi connectivity index (χ4v) is 5.83. The summed E-state index contributed by atoms with van der Waals surface area (Å²) in [5, 5.41) is 6.13. The van der Waals surface area contributed by atoms with Gasteiger partial charge in [-0.3, -0.25) is 9.63 Å². The molecule has 2 heterocycles. The number of benzene rings is 2. The maximum Gasteiger partial charge on any atom is 0.336 e. The Morgan fingerprint density at radius 3 is 2.30 bits per heavy atom. The first-order valence-corrected chi connectivity index (χ1v) is 13.1. The maximum absolute atomic E-state index is 12.8. The number of amides is 1. The molecule has 1 aliphatic heterocycles. The Labute approximate surface area is 219 Å². The first-order chi connectivity index (χ1) is 17.5. The van der Waals surface area contributed by atoms with E-state index in [1.165, 1.54) is 6.07 Å². The number of fused-ring (bicyclic) bond motifs is 1. The molecule has 198 valence electrons. The van der Waals surface area contributed by atoms with Gasteiger partial charge < -0.3 is 14.6 Å². The highest BCUT2D eigenvalue weighted by atomic mass is 16.7. The number of carbonyl (C=O) groups is 1. The van der Waals surface area contributed by atoms with Gasteiger partial charge in [0.25, 0.3) is 5.91 Å². The molecule has 0 unspecified atom stereocenters. The third-order valence-corrected chi connectivity index (χ3v) is 7.25. The molecule has 1 aliphatic rings. The second-order valence-corrected chi connectivity index (χ2v) is 11.1. The summed E-state index contributed by atoms with van der Waals surface area (Å²) in [4.78, 5) is 33.9. The van der Waals surface area contributed by atoms with E-state index in [2.05, 4.69) is 57.8 Å². The quantitative estimate of drug-likeness (QED) is 0.406. The van der Waals surface area contributed by atoms with Crippen molar-refractivity contribution >= 4 is 22.6 Å². The standard InChI is InChI=1S/C30H39N3O4/c1-7-32(8-2)24-14-15-25-22(16-27(34)37-26(25)17-24)20-36-33-29(3,4)18-23(19-30(33,5)6)31-28(35)21-12-10-9-11-13-21/h9-17,23H,7-8,18-20H2,1-6H3,(H,31,35). The van der Waals surface area contributed by atoms with E-state index >= 15 is 0 Å². The Morgan fingerprint density at radius 1 is 1.03 bits per heavy atom. The lowest BCUT2D eigenvalue weighted by Crippen LogP contribution is -2.63. The zero-order valence-corrected chi connectivity index (χ0v) is 22.8. The highest BCUT2D eigenvalue weighted by Crippen LogP contribution is 2.39. The Hall–Kier alpha value is -3.16. The number of piperidine rings is 1. The van der Waals surface area contributed by atoms with Gasteiger partial charge in [-0.15, -0.1) is 0 Å². The predicted molar refractivity (Wildman–Crippen MR) is 148 cm³/mol. The summed E-state index contributed by atoms with van der Waals surface area (Å²) in [6.07, 6.45) is 1.47. The van der Waals surface area contributed by atoms with Crippen LogP contribution in [-0.4, -0.2) is 41.2 Å². The van der Waals surface area contributed by atoms with E-state index in [4.69, 9.17) is 9.25 Å². The number of anilines is 1. The van der Waals surface area contributed by atoms with Crippen molar-refractivity contribution in [2.75, 3.05) is 18.0 Å². The SMILES string of the molecule is CCN(CC)c1ccc2c(CON3C(C)(C)CC(NC(=O)c4ccccc4)CC3(C)C)cc(=O)oc2c1. The number of hydrogen-bond acceptors (Lipinski definition) is 6. The summed E-state index contributed by atoms with van der Waals surface area (Å²) >= 11 is 0. The summed E-state index contributed by atoms with van der Waals surface area (Å²) in [6, 6.07) is 16.8. The maximum atomic E-state index is 12.8. The molecule has 0 aliphatic carbocycles. The fraction of sp³-hybridized carbons (Fsp3) is 0.467. The van der Waals surface area contributed by atoms with Crippen LogP contribution in [-0.2, 0) is 11.4 Å². The third kappa shape index (κ3) is 5.89. The van der Waals surface area contributed by atoms with Crippen LogP contribution in [0.4, 0.5) is 5.69 Å². The zero-order chi connectivity index (χ0) is 26.8. The molecule has 1 aromatic heterocycles. The van der Waals surface area contributed by atoms with Crippen molar-refractivity contribution in [2.24, 2.45) is 0 Å². The van der Waals surface area contributed by atoms with Gasteiger partial charge in [-0.25, -0.2) is 4.79 Å². The molecule has 7 heteroatoms. The molecule has 2 aromatic carbocycles. The van der Waals surface area contributed by atoms with Gasteiger partial charge in [-0.1, -0.05) is 18.2 Å². The molecule has 1 fully saturated rings. The Bertz CT molecular complexity index is 1280. The van der Waals surface area contributed by atoms with Crippen LogP contribution in [0.2, 0.25) is 0 Å². The molecule has 0 bridgehead atoms. The normalized spacial score (nSPS) is 17.6. The number of nitrogens with zero attached hydrogens (tertiary/aromatic N) is 2. The monoisotopic (exact) mass is 505 g/mol. The van der Waals surface area contributed by atoms with Crippen molar-refractivity contribution in [2.45, 2.75) is 78.1 Å². The van der Waals surface area contributed by atoms with E-state index in [0.29, 0.717) is 11.1 Å². The molecule has 3 aromatic rings. The van der Waals surface area contributed by atoms with Crippen molar-refractivity contribution < 1.29 is 14.0 Å². The van der Waals surface area contributed by atoms with Gasteiger partial charge in [-0.05, 0) is 84.2 Å². The van der Waals surface area contributed by atoms with E-state index in [1.54, 1.807) is 0 Å². The first kappa shape index (κ1) is 26.9. The van der Waals surface area contributed by atoms with Crippen molar-refractivity contribution in [1.82, 2.24) is 10.4 Å². The molecule has 1 N–H and O–H groups in total. The molecule has 0 radical (unpaired) electrons. The van der Waals surface area contributed by atoms with E-state index in [-0.39, 0.29) is 35.3 Å². The van der Waals surface area contributed by atoms with Gasteiger partial charge in [0.1, 0.15) is 5.58 Å². The van der Waals surface area contributed by atoms with Crippen LogP contribution >= 0.6 is 0 Å². The number of nitrogens with one attached hydrogen (secondary N) is 1. The number of carbonyl (C=O) groups excluding carboxylic acids is 1. The van der Waals surface area contributed by atoms with Crippen molar-refractivity contribution in [3.8, 4) is 0 Å². The molecule has 37 heavy (non-hydrogen) atoms. The van der Waals surface area contributed by atoms with Crippen LogP contribution in [0, 0.1) is 0 Å². The van der Waals surface area contributed by atoms with Crippen molar-refractivity contribution in [3.63, 3.8) is 0 Å². The Morgan fingerprint density at radius 2 is 1.68 bits per heavy atom. The second kappa shape index (κ2) is 10.7. The molecule has 1 saturated heterocycles. The van der Waals surface area contributed by atoms with Crippen LogP contribution in [0.25, 0.3) is 11.0 Å². The van der Waals surface area contributed by atoms with Crippen LogP contribution in [0.15, 0.2) is 63.8 Å². The van der Waals surface area contributed by atoms with Gasteiger partial charge in [-0.2, -0.15) is 5.06 Å². The molecule has 4 rings (SSSR count). The third-order valence-electron chi connectivity index (χ3n) is 7.25. The van der Waals surface area contributed by atoms with Crippen LogP contribution in [0.1, 0.15) is 70.3 Å². The smallest absolute Gasteiger partial charge is 0.336 e. The summed E-state index contributed by atoms with van der Waals surface area (Å²) in [6.45, 7) is 14.7. The van der Waals surface area contributed by atoms with Crippen LogP contribution in [0.5, 0.6) is 0 Å². The first-order valence-electron chi connectivity index (χ1n) is 13.1. The van der Waals surface area contributed by atoms with Crippen molar-refractivity contribution in [3.05, 3.63) is 76.1 Å². The van der Waals surface area contributed by atoms with E-state index in [1.807, 2.05) is 47.5 Å². The lowest BCUT2D eigenvalue weighted by molar-refractivity contribution is -0.290. The Kier molecular flexibility index (Phi) is 7.76. The minimum absolute atomic E-state index is 0.0145. The Balaban J connectivity index is 1.52. The van der Waals surface area contributed by atoms with Gasteiger partial charge in [0.2, 0.25) is 0 Å². The summed E-state index contributed by atoms with van der Waals surface area (Å²) in [7, 11) is 0. The highest BCUT2D eigenvalue weighted by molar-refractivity contribution is 5.94. The molecular formula is C30H39N3O4. The minimum atomic E-state index is -0.386. The van der Waals surface area contributed by atoms with Gasteiger partial charge in [0.05, 0.1) is 6.61 Å². The average molecular weight is 506 g/mol. The molecule has 0 saturated carbocycles. The molecule has 0 spiro atoms. The van der Waals surface area contributed by atoms with Crippen LogP contribution in [0.3, 0.4) is 0 Å². The summed E-state index contributed by atoms with van der Waals surface area (Å²) in [5.74, 6) is -0.0573. The molecule has 7 nitrogen and oxygen atoms in total. The van der Waals surface area contributed by atoms with E-state index in [9.17, 15) is 9.59 Å². The summed E-state index contributed by atoms with van der Waals surface area (Å²) in [5.41, 5.74) is 1.98.